The molecule has 0 radical (unpaired) electrons. The molecule has 0 aromatic carbocycles. The van der Waals surface area contributed by atoms with Gasteiger partial charge in [-0.2, -0.15) is 16.9 Å². The highest BCUT2D eigenvalue weighted by Gasteiger charge is 2.24. The Labute approximate surface area is 130 Å². The third-order valence-electron chi connectivity index (χ3n) is 3.83. The Balaban J connectivity index is 1.70. The van der Waals surface area contributed by atoms with E-state index in [4.69, 9.17) is 0 Å². The van der Waals surface area contributed by atoms with Crippen molar-refractivity contribution in [2.75, 3.05) is 24.6 Å². The highest BCUT2D eigenvalue weighted by Crippen LogP contribution is 2.21. The molecule has 0 bridgehead atoms. The van der Waals surface area contributed by atoms with Crippen LogP contribution in [0.5, 0.6) is 0 Å². The first-order valence-corrected chi connectivity index (χ1v) is 8.83. The van der Waals surface area contributed by atoms with Crippen LogP contribution in [-0.4, -0.2) is 56.3 Å². The number of nitrogens with zero attached hydrogens (tertiary/aromatic N) is 4. The van der Waals surface area contributed by atoms with E-state index >= 15 is 0 Å². The van der Waals surface area contributed by atoms with Gasteiger partial charge in [-0.3, -0.25) is 0 Å². The van der Waals surface area contributed by atoms with E-state index in [1.54, 1.807) is 12.7 Å². The number of carbonyl (C=O) groups is 1. The van der Waals surface area contributed by atoms with Gasteiger partial charge in [-0.25, -0.2) is 14.5 Å². The second-order valence-electron chi connectivity index (χ2n) is 5.43. The summed E-state index contributed by atoms with van der Waals surface area (Å²) >= 11 is 1.92. The average molecular weight is 311 g/mol. The number of aromatic nitrogens is 3. The number of rotatable bonds is 6. The minimum Gasteiger partial charge on any atom is -0.336 e. The van der Waals surface area contributed by atoms with Crippen LogP contribution in [0, 0.1) is 0 Å². The highest BCUT2D eigenvalue weighted by molar-refractivity contribution is 7.99. The summed E-state index contributed by atoms with van der Waals surface area (Å²) in [5, 5.41) is 7.28. The fraction of sp³-hybridized carbons (Fsp3) is 0.786. The zero-order valence-corrected chi connectivity index (χ0v) is 13.7. The summed E-state index contributed by atoms with van der Waals surface area (Å²) in [5.74, 6) is 2.24. The maximum atomic E-state index is 12.2. The van der Waals surface area contributed by atoms with Crippen LogP contribution >= 0.6 is 11.8 Å². The molecule has 1 aliphatic rings. The number of urea groups is 1. The zero-order chi connectivity index (χ0) is 15.1. The van der Waals surface area contributed by atoms with Gasteiger partial charge in [0, 0.05) is 19.1 Å². The van der Waals surface area contributed by atoms with Crippen LogP contribution in [0.1, 0.15) is 39.2 Å². The van der Waals surface area contributed by atoms with Crippen LogP contribution in [0.3, 0.4) is 0 Å². The van der Waals surface area contributed by atoms with E-state index in [0.29, 0.717) is 6.04 Å². The summed E-state index contributed by atoms with van der Waals surface area (Å²) in [6.07, 6.45) is 6.23. The van der Waals surface area contributed by atoms with Gasteiger partial charge in [0.15, 0.2) is 0 Å². The predicted octanol–water partition coefficient (Wildman–Crippen LogP) is 2.16. The van der Waals surface area contributed by atoms with Crippen molar-refractivity contribution in [3.63, 3.8) is 0 Å². The topological polar surface area (TPSA) is 63.1 Å². The van der Waals surface area contributed by atoms with Crippen molar-refractivity contribution in [3.8, 4) is 0 Å². The number of carbonyl (C=O) groups excluding carboxylic acids is 1. The fourth-order valence-electron chi connectivity index (χ4n) is 2.52. The second-order valence-corrected chi connectivity index (χ2v) is 6.82. The first kappa shape index (κ1) is 16.1. The molecule has 2 amide bonds. The van der Waals surface area contributed by atoms with Gasteiger partial charge < -0.3 is 10.2 Å². The number of piperidine rings is 1. The monoisotopic (exact) mass is 311 g/mol. The van der Waals surface area contributed by atoms with E-state index in [1.807, 2.05) is 21.3 Å². The van der Waals surface area contributed by atoms with Gasteiger partial charge in [0.25, 0.3) is 0 Å². The highest BCUT2D eigenvalue weighted by atomic mass is 32.2. The number of hydrogen-bond acceptors (Lipinski definition) is 4. The predicted molar refractivity (Wildman–Crippen MR) is 85.5 cm³/mol. The van der Waals surface area contributed by atoms with E-state index in [1.165, 1.54) is 0 Å². The molecule has 1 unspecified atom stereocenters. The van der Waals surface area contributed by atoms with Crippen LogP contribution in [-0.2, 0) is 0 Å². The molecule has 1 N–H and O–H groups in total. The average Bonchev–Trinajstić information content (AvgIpc) is 3.02. The molecule has 0 spiro atoms. The lowest BCUT2D eigenvalue weighted by atomic mass is 10.1. The van der Waals surface area contributed by atoms with Gasteiger partial charge in [0.1, 0.15) is 12.7 Å². The Hall–Kier alpha value is -1.24. The van der Waals surface area contributed by atoms with Crippen molar-refractivity contribution in [2.45, 2.75) is 45.2 Å². The van der Waals surface area contributed by atoms with Crippen LogP contribution in [0.4, 0.5) is 4.79 Å². The largest absolute Gasteiger partial charge is 0.336 e. The van der Waals surface area contributed by atoms with Crippen LogP contribution < -0.4 is 5.32 Å². The van der Waals surface area contributed by atoms with Crippen molar-refractivity contribution < 1.29 is 4.79 Å². The minimum atomic E-state index is 0.0704. The molecule has 6 nitrogen and oxygen atoms in total. The maximum absolute atomic E-state index is 12.2. The number of nitrogens with one attached hydrogen (secondary N) is 1. The summed E-state index contributed by atoms with van der Waals surface area (Å²) in [7, 11) is 0. The quantitative estimate of drug-likeness (QED) is 0.818. The maximum Gasteiger partial charge on any atom is 0.317 e. The Bertz CT molecular complexity index is 417. The van der Waals surface area contributed by atoms with Gasteiger partial charge in [0.05, 0.1) is 6.04 Å². The molecule has 1 aromatic heterocycles. The molecule has 2 rings (SSSR count). The molecular formula is C14H25N5OS. The fourth-order valence-corrected chi connectivity index (χ4v) is 3.33. The molecule has 0 saturated carbocycles. The Morgan fingerprint density at radius 2 is 2.24 bits per heavy atom. The lowest BCUT2D eigenvalue weighted by molar-refractivity contribution is 0.166. The molecule has 1 saturated heterocycles. The third kappa shape index (κ3) is 4.91. The van der Waals surface area contributed by atoms with Gasteiger partial charge in [-0.05, 0) is 37.7 Å². The lowest BCUT2D eigenvalue weighted by Gasteiger charge is -2.32. The number of hydrogen-bond donors (Lipinski definition) is 1. The standard InChI is InChI=1S/C14H25N5OS/c1-3-21-9-6-12(2)17-14(20)18-7-4-13(5-8-18)19-11-15-10-16-19/h10-13H,3-9H2,1-2H3,(H,17,20). The molecule has 21 heavy (non-hydrogen) atoms. The second kappa shape index (κ2) is 8.26. The molecule has 7 heteroatoms. The summed E-state index contributed by atoms with van der Waals surface area (Å²) in [6.45, 7) is 5.81. The van der Waals surface area contributed by atoms with E-state index in [2.05, 4.69) is 29.2 Å². The summed E-state index contributed by atoms with van der Waals surface area (Å²) in [4.78, 5) is 18.1. The number of amides is 2. The molecular weight excluding hydrogens is 286 g/mol. The van der Waals surface area contributed by atoms with Gasteiger partial charge in [-0.1, -0.05) is 6.92 Å². The van der Waals surface area contributed by atoms with Crippen molar-refractivity contribution in [1.82, 2.24) is 25.0 Å². The minimum absolute atomic E-state index is 0.0704. The van der Waals surface area contributed by atoms with Gasteiger partial charge in [-0.15, -0.1) is 0 Å². The summed E-state index contributed by atoms with van der Waals surface area (Å²) in [5.41, 5.74) is 0. The Kier molecular flexibility index (Phi) is 6.35. The van der Waals surface area contributed by atoms with Crippen molar-refractivity contribution >= 4 is 17.8 Å². The Morgan fingerprint density at radius 3 is 2.86 bits per heavy atom. The number of thioether (sulfide) groups is 1. The van der Waals surface area contributed by atoms with Crippen molar-refractivity contribution in [2.24, 2.45) is 0 Å². The SMILES string of the molecule is CCSCCC(C)NC(=O)N1CCC(n2cncn2)CC1. The van der Waals surface area contributed by atoms with Gasteiger partial charge in [0.2, 0.25) is 0 Å². The first-order valence-electron chi connectivity index (χ1n) is 7.68. The van der Waals surface area contributed by atoms with Crippen LogP contribution in [0.2, 0.25) is 0 Å². The first-order chi connectivity index (χ1) is 10.2. The molecule has 1 atom stereocenters. The van der Waals surface area contributed by atoms with E-state index in [9.17, 15) is 4.79 Å². The van der Waals surface area contributed by atoms with Crippen LogP contribution in [0.25, 0.3) is 0 Å². The van der Waals surface area contributed by atoms with E-state index in [-0.39, 0.29) is 12.1 Å². The molecule has 0 aliphatic carbocycles. The van der Waals surface area contributed by atoms with Crippen LogP contribution in [0.15, 0.2) is 12.7 Å². The summed E-state index contributed by atoms with van der Waals surface area (Å²) in [6, 6.07) is 0.681. The lowest BCUT2D eigenvalue weighted by Crippen LogP contribution is -2.47. The number of likely N-dealkylation sites (tertiary alicyclic amines) is 1. The van der Waals surface area contributed by atoms with Crippen molar-refractivity contribution in [1.29, 1.82) is 0 Å². The Morgan fingerprint density at radius 1 is 1.48 bits per heavy atom. The molecule has 1 fully saturated rings. The third-order valence-corrected chi connectivity index (χ3v) is 4.76. The normalized spacial score (nSPS) is 17.7. The molecule has 1 aromatic rings. The molecule has 118 valence electrons. The van der Waals surface area contributed by atoms with Gasteiger partial charge >= 0.3 is 6.03 Å². The van der Waals surface area contributed by atoms with Crippen molar-refractivity contribution in [3.05, 3.63) is 12.7 Å². The smallest absolute Gasteiger partial charge is 0.317 e. The summed E-state index contributed by atoms with van der Waals surface area (Å²) < 4.78 is 1.90. The zero-order valence-electron chi connectivity index (χ0n) is 12.9. The molecule has 1 aliphatic heterocycles. The molecule has 2 heterocycles. The van der Waals surface area contributed by atoms with E-state index in [0.717, 1.165) is 43.9 Å². The van der Waals surface area contributed by atoms with E-state index < -0.39 is 0 Å².